The molecule has 0 spiro atoms. The van der Waals surface area contributed by atoms with E-state index in [9.17, 15) is 4.79 Å². The summed E-state index contributed by atoms with van der Waals surface area (Å²) in [4.78, 5) is 12.8. The van der Waals surface area contributed by atoms with Gasteiger partial charge in [0.2, 0.25) is 9.76 Å². The predicted octanol–water partition coefficient (Wildman–Crippen LogP) is 6.36. The minimum atomic E-state index is -2.09. The molecule has 0 saturated heterocycles. The summed E-state index contributed by atoms with van der Waals surface area (Å²) < 4.78 is 12.1. The van der Waals surface area contributed by atoms with E-state index in [0.717, 1.165) is 12.1 Å². The lowest BCUT2D eigenvalue weighted by molar-refractivity contribution is -0.139. The molecule has 0 aromatic carbocycles. The van der Waals surface area contributed by atoms with Crippen molar-refractivity contribution in [3.63, 3.8) is 0 Å². The van der Waals surface area contributed by atoms with E-state index in [-0.39, 0.29) is 17.5 Å². The zero-order valence-electron chi connectivity index (χ0n) is 18.2. The lowest BCUT2D eigenvalue weighted by Crippen LogP contribution is -2.47. The molecule has 25 heavy (non-hydrogen) atoms. The summed E-state index contributed by atoms with van der Waals surface area (Å²) in [6.45, 7) is 19.3. The molecule has 2 radical (unpaired) electrons. The number of unbranched alkanes of at least 4 members (excludes halogenated alkanes) is 3. The van der Waals surface area contributed by atoms with Crippen LogP contribution in [-0.2, 0) is 13.6 Å². The third-order valence-corrected chi connectivity index (χ3v) is 12.0. The first kappa shape index (κ1) is 24.9. The Labute approximate surface area is 160 Å². The Morgan fingerprint density at radius 3 is 2.00 bits per heavy atom. The van der Waals surface area contributed by atoms with Crippen molar-refractivity contribution in [1.82, 2.24) is 0 Å². The molecular formula is C20H42O3Si2. The largest absolute Gasteiger partial charge is 0.518 e. The Hall–Kier alpha value is -0.136. The Bertz CT molecular complexity index is 368. The quantitative estimate of drug-likeness (QED) is 0.289. The van der Waals surface area contributed by atoms with Crippen molar-refractivity contribution < 1.29 is 13.6 Å². The maximum absolute atomic E-state index is 12.8. The van der Waals surface area contributed by atoms with Gasteiger partial charge in [0, 0.05) is 5.60 Å². The molecule has 0 rings (SSSR count). The zero-order valence-corrected chi connectivity index (χ0v) is 20.2. The predicted molar refractivity (Wildman–Crippen MR) is 112 cm³/mol. The van der Waals surface area contributed by atoms with Crippen molar-refractivity contribution in [3.05, 3.63) is 0 Å². The van der Waals surface area contributed by atoms with E-state index < -0.39 is 8.32 Å². The average Bonchev–Trinajstić information content (AvgIpc) is 2.48. The van der Waals surface area contributed by atoms with Crippen LogP contribution in [-0.4, -0.2) is 29.7 Å². The molecule has 3 nitrogen and oxygen atoms in total. The average molecular weight is 387 g/mol. The van der Waals surface area contributed by atoms with E-state index in [2.05, 4.69) is 55.4 Å². The van der Waals surface area contributed by atoms with Crippen LogP contribution in [0, 0.1) is 5.92 Å². The number of carbonyl (C=O) groups excluding carboxylic acids is 1. The van der Waals surface area contributed by atoms with Gasteiger partial charge in [-0.2, -0.15) is 0 Å². The van der Waals surface area contributed by atoms with Crippen LogP contribution < -0.4 is 0 Å². The van der Waals surface area contributed by atoms with Crippen LogP contribution in [0.5, 0.6) is 0 Å². The smallest absolute Gasteiger partial charge is 0.295 e. The van der Waals surface area contributed by atoms with Gasteiger partial charge in [0.1, 0.15) is 0 Å². The number of rotatable bonds is 12. The number of carbonyl (C=O) groups is 1. The Morgan fingerprint density at radius 1 is 1.00 bits per heavy atom. The van der Waals surface area contributed by atoms with E-state index in [1.165, 1.54) is 25.7 Å². The molecule has 1 atom stereocenters. The van der Waals surface area contributed by atoms with Crippen molar-refractivity contribution in [2.45, 2.75) is 117 Å². The summed E-state index contributed by atoms with van der Waals surface area (Å²) in [5.74, 6) is -0.0877. The summed E-state index contributed by atoms with van der Waals surface area (Å²) in [6, 6.07) is 1.86. The van der Waals surface area contributed by atoms with Gasteiger partial charge in [0.15, 0.2) is 0 Å². The molecule has 0 saturated carbocycles. The minimum Gasteiger partial charge on any atom is -0.518 e. The van der Waals surface area contributed by atoms with E-state index in [0.29, 0.717) is 20.8 Å². The van der Waals surface area contributed by atoms with Gasteiger partial charge in [-0.1, -0.05) is 67.2 Å². The van der Waals surface area contributed by atoms with Crippen molar-refractivity contribution in [3.8, 4) is 0 Å². The van der Waals surface area contributed by atoms with Gasteiger partial charge < -0.3 is 8.85 Å². The third-order valence-electron chi connectivity index (χ3n) is 4.84. The van der Waals surface area contributed by atoms with Gasteiger partial charge in [-0.3, -0.25) is 4.79 Å². The fourth-order valence-electron chi connectivity index (χ4n) is 3.11. The maximum atomic E-state index is 12.8. The second-order valence-electron chi connectivity index (χ2n) is 8.96. The van der Waals surface area contributed by atoms with E-state index in [1.54, 1.807) is 0 Å². The lowest BCUT2D eigenvalue weighted by Gasteiger charge is -2.39. The first-order valence-electron chi connectivity index (χ1n) is 10.1. The molecule has 0 aromatic rings. The fraction of sp³-hybridized carbons (Fsp3) is 0.950. The highest BCUT2D eigenvalue weighted by atomic mass is 28.4. The third kappa shape index (κ3) is 9.39. The molecular weight excluding hydrogens is 344 g/mol. The Morgan fingerprint density at radius 2 is 1.56 bits per heavy atom. The van der Waals surface area contributed by atoms with E-state index in [1.807, 2.05) is 6.92 Å². The summed E-state index contributed by atoms with van der Waals surface area (Å²) in [7, 11) is -1.74. The number of hydrogen-bond acceptors (Lipinski definition) is 3. The number of hydrogen-bond donors (Lipinski definition) is 0. The molecule has 5 heteroatoms. The van der Waals surface area contributed by atoms with Gasteiger partial charge in [-0.15, -0.1) is 0 Å². The van der Waals surface area contributed by atoms with Crippen LogP contribution in [0.3, 0.4) is 0 Å². The van der Waals surface area contributed by atoms with Gasteiger partial charge in [0.05, 0.1) is 5.92 Å². The fourth-order valence-corrected chi connectivity index (χ4v) is 8.49. The first-order valence-corrected chi connectivity index (χ1v) is 13.5. The van der Waals surface area contributed by atoms with Gasteiger partial charge >= 0.3 is 0 Å². The maximum Gasteiger partial charge on any atom is 0.295 e. The summed E-state index contributed by atoms with van der Waals surface area (Å²) in [5.41, 5.74) is 0.771. The van der Waals surface area contributed by atoms with Gasteiger partial charge in [-0.25, -0.2) is 0 Å². The van der Waals surface area contributed by atoms with Crippen molar-refractivity contribution in [1.29, 1.82) is 0 Å². The molecule has 0 aromatic heterocycles. The normalized spacial score (nSPS) is 14.2. The minimum absolute atomic E-state index is 0.00503. The Kier molecular flexibility index (Phi) is 11.5. The van der Waals surface area contributed by atoms with Crippen LogP contribution in [0.15, 0.2) is 0 Å². The first-order chi connectivity index (χ1) is 11.5. The zero-order chi connectivity index (χ0) is 19.7. The summed E-state index contributed by atoms with van der Waals surface area (Å²) in [5, 5.41) is 0. The highest BCUT2D eigenvalue weighted by Crippen LogP contribution is 2.39. The standard InChI is InChI=1S/C20H42O3Si2/c1-10-11-12-13-14-25(16(2)3,17(4)5)22-19(21)18(6)15-24-23-20(7,8)9/h16-18H,10-15H2,1-9H3. The van der Waals surface area contributed by atoms with Crippen molar-refractivity contribution in [2.24, 2.45) is 5.92 Å². The molecule has 0 amide bonds. The SMILES string of the molecule is CCCCCC[Si](OC(=O)C(C)C[Si]OC(C)(C)C)(C(C)C)C(C)C. The van der Waals surface area contributed by atoms with Crippen LogP contribution in [0.4, 0.5) is 0 Å². The van der Waals surface area contributed by atoms with Crippen LogP contribution in [0.25, 0.3) is 0 Å². The van der Waals surface area contributed by atoms with Crippen molar-refractivity contribution >= 4 is 24.0 Å². The topological polar surface area (TPSA) is 35.5 Å². The molecule has 0 aliphatic rings. The summed E-state index contributed by atoms with van der Waals surface area (Å²) >= 11 is 0. The van der Waals surface area contributed by atoms with Crippen LogP contribution >= 0.6 is 0 Å². The van der Waals surface area contributed by atoms with Gasteiger partial charge in [0.25, 0.3) is 14.3 Å². The second kappa shape index (κ2) is 11.6. The molecule has 0 heterocycles. The highest BCUT2D eigenvalue weighted by Gasteiger charge is 2.45. The van der Waals surface area contributed by atoms with E-state index >= 15 is 0 Å². The molecule has 0 N–H and O–H groups in total. The lowest BCUT2D eigenvalue weighted by atomic mass is 10.2. The Balaban J connectivity index is 4.83. The van der Waals surface area contributed by atoms with Gasteiger partial charge in [-0.05, 0) is 43.9 Å². The monoisotopic (exact) mass is 386 g/mol. The van der Waals surface area contributed by atoms with Crippen LogP contribution in [0.1, 0.15) is 88.0 Å². The molecule has 0 bridgehead atoms. The molecule has 1 unspecified atom stereocenters. The summed E-state index contributed by atoms with van der Waals surface area (Å²) in [6.07, 6.45) is 4.95. The van der Waals surface area contributed by atoms with E-state index in [4.69, 9.17) is 8.85 Å². The molecule has 0 fully saturated rings. The molecule has 0 aliphatic carbocycles. The van der Waals surface area contributed by atoms with Crippen LogP contribution in [0.2, 0.25) is 23.2 Å². The molecule has 0 aliphatic heterocycles. The van der Waals surface area contributed by atoms with Crippen molar-refractivity contribution in [2.75, 3.05) is 0 Å². The second-order valence-corrected chi connectivity index (χ2v) is 14.8. The molecule has 148 valence electrons. The highest BCUT2D eigenvalue weighted by molar-refractivity contribution is 6.77.